The Morgan fingerprint density at radius 1 is 1.32 bits per heavy atom. The van der Waals surface area contributed by atoms with Crippen molar-refractivity contribution in [2.75, 3.05) is 7.11 Å². The minimum absolute atomic E-state index is 0. The number of aromatic amines is 1. The van der Waals surface area contributed by atoms with Gasteiger partial charge < -0.3 is 9.72 Å². The van der Waals surface area contributed by atoms with Crippen molar-refractivity contribution in [2.24, 2.45) is 0 Å². The number of H-pyrrole nitrogens is 1. The molecule has 0 amide bonds. The number of nitrogens with one attached hydrogen (secondary N) is 1. The number of benzene rings is 1. The minimum atomic E-state index is -0.627. The summed E-state index contributed by atoms with van der Waals surface area (Å²) < 4.78 is 4.71. The Morgan fingerprint density at radius 2 is 2.04 bits per heavy atom. The van der Waals surface area contributed by atoms with Gasteiger partial charge in [0.1, 0.15) is 5.52 Å². The van der Waals surface area contributed by atoms with Crippen molar-refractivity contribution >= 4 is 74.5 Å². The van der Waals surface area contributed by atoms with Crippen LogP contribution in [0.2, 0.25) is 5.02 Å². The van der Waals surface area contributed by atoms with Gasteiger partial charge in [-0.25, -0.2) is 4.98 Å². The summed E-state index contributed by atoms with van der Waals surface area (Å²) in [4.78, 5) is 32.0. The number of thioether (sulfide) groups is 1. The molecule has 0 saturated heterocycles. The first kappa shape index (κ1) is 20.0. The lowest BCUT2D eigenvalue weighted by Gasteiger charge is -2.13. The lowest BCUT2D eigenvalue weighted by atomic mass is 10.1. The Balaban J connectivity index is 0.00000225. The molecular formula is C16H14BrClN2O3S2. The third-order valence-electron chi connectivity index (χ3n) is 3.36. The largest absolute Gasteiger partial charge is 0.469 e. The van der Waals surface area contributed by atoms with E-state index in [0.29, 0.717) is 15.7 Å². The minimum Gasteiger partial charge on any atom is -0.469 e. The number of ether oxygens (including phenoxy) is 1. The third-order valence-corrected chi connectivity index (χ3v) is 5.42. The molecule has 3 rings (SSSR count). The SMILES string of the molecule is Br.COC(=O)CC(Sc1nc2cscc2[nH]1)C(=O)c1ccc(Cl)cc1. The van der Waals surface area contributed by atoms with Crippen LogP contribution in [-0.4, -0.2) is 34.1 Å². The van der Waals surface area contributed by atoms with E-state index in [0.717, 1.165) is 11.0 Å². The number of esters is 1. The second-order valence-corrected chi connectivity index (χ2v) is 7.34. The van der Waals surface area contributed by atoms with Gasteiger partial charge >= 0.3 is 5.97 Å². The first-order valence-electron chi connectivity index (χ1n) is 7.02. The van der Waals surface area contributed by atoms with E-state index < -0.39 is 11.2 Å². The molecule has 9 heteroatoms. The van der Waals surface area contributed by atoms with E-state index in [-0.39, 0.29) is 29.2 Å². The van der Waals surface area contributed by atoms with Gasteiger partial charge in [-0.1, -0.05) is 23.4 Å². The molecule has 0 spiro atoms. The number of Topliss-reactive ketones (excluding diaryl/α,β-unsaturated/α-hetero) is 1. The monoisotopic (exact) mass is 460 g/mol. The van der Waals surface area contributed by atoms with Crippen molar-refractivity contribution < 1.29 is 14.3 Å². The van der Waals surface area contributed by atoms with Crippen molar-refractivity contribution in [1.82, 2.24) is 9.97 Å². The third kappa shape index (κ3) is 4.84. The van der Waals surface area contributed by atoms with Crippen LogP contribution in [0.5, 0.6) is 0 Å². The summed E-state index contributed by atoms with van der Waals surface area (Å²) in [6.45, 7) is 0. The second kappa shape index (κ2) is 8.84. The molecule has 0 saturated carbocycles. The molecule has 0 fully saturated rings. The average Bonchev–Trinajstić information content (AvgIpc) is 3.15. The number of fused-ring (bicyclic) bond motifs is 1. The normalized spacial score (nSPS) is 11.8. The van der Waals surface area contributed by atoms with Gasteiger partial charge in [0.2, 0.25) is 0 Å². The van der Waals surface area contributed by atoms with E-state index in [1.54, 1.807) is 35.6 Å². The highest BCUT2D eigenvalue weighted by Crippen LogP contribution is 2.29. The standard InChI is InChI=1S/C16H13ClN2O3S2.BrH/c1-22-14(20)6-13(15(21)9-2-4-10(17)5-3-9)24-16-18-11-7-23-8-12(11)19-16;/h2-5,7-8,13H,6H2,1H3,(H,18,19);1H. The number of aromatic nitrogens is 2. The quantitative estimate of drug-likeness (QED) is 0.325. The fourth-order valence-electron chi connectivity index (χ4n) is 2.14. The molecule has 0 aliphatic carbocycles. The average molecular weight is 462 g/mol. The number of halogens is 2. The summed E-state index contributed by atoms with van der Waals surface area (Å²) in [7, 11) is 1.30. The Hall–Kier alpha value is -1.35. The molecule has 1 unspecified atom stereocenters. The molecular weight excluding hydrogens is 448 g/mol. The molecule has 2 heterocycles. The number of thiophene rings is 1. The number of hydrogen-bond acceptors (Lipinski definition) is 6. The van der Waals surface area contributed by atoms with Gasteiger partial charge in [0.05, 0.1) is 24.3 Å². The summed E-state index contributed by atoms with van der Waals surface area (Å²) in [6, 6.07) is 6.60. The van der Waals surface area contributed by atoms with Gasteiger partial charge in [-0.3, -0.25) is 9.59 Å². The molecule has 132 valence electrons. The maximum atomic E-state index is 12.8. The maximum Gasteiger partial charge on any atom is 0.307 e. The molecule has 0 bridgehead atoms. The molecule has 1 N–H and O–H groups in total. The molecule has 1 aromatic carbocycles. The highest BCUT2D eigenvalue weighted by molar-refractivity contribution is 8.93. The van der Waals surface area contributed by atoms with E-state index in [1.165, 1.54) is 18.9 Å². The smallest absolute Gasteiger partial charge is 0.307 e. The van der Waals surface area contributed by atoms with Gasteiger partial charge in [-0.15, -0.1) is 28.3 Å². The lowest BCUT2D eigenvalue weighted by Crippen LogP contribution is -2.22. The van der Waals surface area contributed by atoms with Crippen molar-refractivity contribution in [1.29, 1.82) is 0 Å². The molecule has 3 aromatic rings. The number of imidazole rings is 1. The summed E-state index contributed by atoms with van der Waals surface area (Å²) in [5.41, 5.74) is 2.25. The van der Waals surface area contributed by atoms with Crippen LogP contribution in [0, 0.1) is 0 Å². The Bertz CT molecular complexity index is 851. The first-order chi connectivity index (χ1) is 11.6. The van der Waals surface area contributed by atoms with Crippen LogP contribution in [-0.2, 0) is 9.53 Å². The van der Waals surface area contributed by atoms with Crippen molar-refractivity contribution in [3.63, 3.8) is 0 Å². The van der Waals surface area contributed by atoms with Gasteiger partial charge in [-0.2, -0.15) is 0 Å². The molecule has 0 radical (unpaired) electrons. The van der Waals surface area contributed by atoms with E-state index in [1.807, 2.05) is 10.8 Å². The van der Waals surface area contributed by atoms with E-state index >= 15 is 0 Å². The van der Waals surface area contributed by atoms with Gasteiger partial charge in [0.15, 0.2) is 10.9 Å². The number of nitrogens with zero attached hydrogens (tertiary/aromatic N) is 1. The molecule has 25 heavy (non-hydrogen) atoms. The number of carbonyl (C=O) groups excluding carboxylic acids is 2. The summed E-state index contributed by atoms with van der Waals surface area (Å²) in [5.74, 6) is -0.608. The van der Waals surface area contributed by atoms with E-state index in [9.17, 15) is 9.59 Å². The molecule has 5 nitrogen and oxygen atoms in total. The zero-order valence-corrected chi connectivity index (χ0v) is 17.1. The molecule has 2 aromatic heterocycles. The molecule has 1 atom stereocenters. The van der Waals surface area contributed by atoms with Crippen LogP contribution in [0.4, 0.5) is 0 Å². The zero-order chi connectivity index (χ0) is 17.1. The van der Waals surface area contributed by atoms with Gasteiger partial charge in [-0.05, 0) is 24.3 Å². The summed E-state index contributed by atoms with van der Waals surface area (Å²) in [5, 5.41) is 4.39. The zero-order valence-electron chi connectivity index (χ0n) is 13.0. The van der Waals surface area contributed by atoms with Crippen LogP contribution < -0.4 is 0 Å². The predicted molar refractivity (Wildman–Crippen MR) is 106 cm³/mol. The van der Waals surface area contributed by atoms with Gasteiger partial charge in [0, 0.05) is 21.3 Å². The highest BCUT2D eigenvalue weighted by Gasteiger charge is 2.26. The molecule has 0 aliphatic heterocycles. The van der Waals surface area contributed by atoms with Crippen LogP contribution >= 0.6 is 51.7 Å². The van der Waals surface area contributed by atoms with Crippen molar-refractivity contribution in [3.8, 4) is 0 Å². The summed E-state index contributed by atoms with van der Waals surface area (Å²) in [6.07, 6.45) is -0.0316. The maximum absolute atomic E-state index is 12.8. The van der Waals surface area contributed by atoms with E-state index in [2.05, 4.69) is 9.97 Å². The van der Waals surface area contributed by atoms with Crippen molar-refractivity contribution in [2.45, 2.75) is 16.8 Å². The number of ketones is 1. The predicted octanol–water partition coefficient (Wildman–Crippen LogP) is 4.76. The fourth-order valence-corrected chi connectivity index (χ4v) is 4.01. The van der Waals surface area contributed by atoms with Gasteiger partial charge in [0.25, 0.3) is 0 Å². The van der Waals surface area contributed by atoms with Crippen molar-refractivity contribution in [3.05, 3.63) is 45.6 Å². The molecule has 0 aliphatic rings. The Labute approximate surface area is 167 Å². The number of hydrogen-bond donors (Lipinski definition) is 1. The first-order valence-corrected chi connectivity index (χ1v) is 9.22. The Morgan fingerprint density at radius 3 is 2.68 bits per heavy atom. The van der Waals surface area contributed by atoms with Crippen LogP contribution in [0.15, 0.2) is 40.2 Å². The lowest BCUT2D eigenvalue weighted by molar-refractivity contribution is -0.140. The van der Waals surface area contributed by atoms with Crippen LogP contribution in [0.25, 0.3) is 11.0 Å². The fraction of sp³-hybridized carbons (Fsp3) is 0.188. The Kier molecular flexibility index (Phi) is 7.06. The van der Waals surface area contributed by atoms with Crippen LogP contribution in [0.1, 0.15) is 16.8 Å². The number of carbonyl (C=O) groups is 2. The number of methoxy groups -OCH3 is 1. The second-order valence-electron chi connectivity index (χ2n) is 4.97. The number of rotatable bonds is 6. The highest BCUT2D eigenvalue weighted by atomic mass is 79.9. The summed E-state index contributed by atoms with van der Waals surface area (Å²) >= 11 is 8.63. The van der Waals surface area contributed by atoms with E-state index in [4.69, 9.17) is 16.3 Å². The topological polar surface area (TPSA) is 72.0 Å². The van der Waals surface area contributed by atoms with Crippen LogP contribution in [0.3, 0.4) is 0 Å².